The van der Waals surface area contributed by atoms with Gasteiger partial charge in [0.15, 0.2) is 0 Å². The van der Waals surface area contributed by atoms with Crippen LogP contribution in [0.4, 0.5) is 0 Å². The number of nitrogens with one attached hydrogen (secondary N) is 1. The van der Waals surface area contributed by atoms with E-state index in [0.29, 0.717) is 11.5 Å². The first kappa shape index (κ1) is 12.4. The molecule has 3 nitrogen and oxygen atoms in total. The Hall–Kier alpha value is -1.03. The molecule has 2 rings (SSSR count). The molecule has 2 N–H and O–H groups in total. The number of benzene rings is 1. The van der Waals surface area contributed by atoms with Gasteiger partial charge in [-0.25, -0.2) is 0 Å². The second kappa shape index (κ2) is 5.08. The van der Waals surface area contributed by atoms with Crippen molar-refractivity contribution in [1.29, 1.82) is 0 Å². The van der Waals surface area contributed by atoms with Gasteiger partial charge in [-0.05, 0) is 43.4 Å². The van der Waals surface area contributed by atoms with E-state index in [0.717, 1.165) is 23.7 Å². The Morgan fingerprint density at radius 2 is 2.24 bits per heavy atom. The quantitative estimate of drug-likeness (QED) is 0.881. The largest absolute Gasteiger partial charge is 0.507 e. The zero-order chi connectivity index (χ0) is 12.4. The molecule has 4 heteroatoms. The van der Waals surface area contributed by atoms with E-state index in [1.807, 2.05) is 0 Å². The molecule has 2 atom stereocenters. The SMILES string of the molecule is CC1CCC(NC(=O)c2ccc(Br)cc2O)C1. The third-order valence-corrected chi connectivity index (χ3v) is 3.73. The van der Waals surface area contributed by atoms with Gasteiger partial charge in [0.25, 0.3) is 5.91 Å². The minimum absolute atomic E-state index is 0.0166. The number of amides is 1. The molecule has 0 bridgehead atoms. The lowest BCUT2D eigenvalue weighted by Crippen LogP contribution is -2.32. The average molecular weight is 298 g/mol. The second-order valence-electron chi connectivity index (χ2n) is 4.75. The van der Waals surface area contributed by atoms with Crippen molar-refractivity contribution in [2.75, 3.05) is 0 Å². The van der Waals surface area contributed by atoms with E-state index in [4.69, 9.17) is 0 Å². The van der Waals surface area contributed by atoms with E-state index in [9.17, 15) is 9.90 Å². The summed E-state index contributed by atoms with van der Waals surface area (Å²) in [6.45, 7) is 2.20. The molecule has 0 aromatic heterocycles. The lowest BCUT2D eigenvalue weighted by atomic mass is 10.1. The van der Waals surface area contributed by atoms with Crippen LogP contribution in [0.25, 0.3) is 0 Å². The summed E-state index contributed by atoms with van der Waals surface area (Å²) in [5.74, 6) is 0.510. The fourth-order valence-electron chi connectivity index (χ4n) is 2.30. The van der Waals surface area contributed by atoms with Crippen molar-refractivity contribution in [2.45, 2.75) is 32.2 Å². The third-order valence-electron chi connectivity index (χ3n) is 3.23. The molecule has 1 amide bonds. The van der Waals surface area contributed by atoms with Gasteiger partial charge in [0.1, 0.15) is 5.75 Å². The van der Waals surface area contributed by atoms with Crippen molar-refractivity contribution in [3.8, 4) is 5.75 Å². The normalized spacial score (nSPS) is 23.6. The Morgan fingerprint density at radius 3 is 2.82 bits per heavy atom. The van der Waals surface area contributed by atoms with Gasteiger partial charge < -0.3 is 10.4 Å². The highest BCUT2D eigenvalue weighted by atomic mass is 79.9. The molecular formula is C13H16BrNO2. The van der Waals surface area contributed by atoms with Crippen molar-refractivity contribution in [3.05, 3.63) is 28.2 Å². The summed E-state index contributed by atoms with van der Waals surface area (Å²) in [7, 11) is 0. The number of rotatable bonds is 2. The highest BCUT2D eigenvalue weighted by molar-refractivity contribution is 9.10. The first-order valence-corrected chi connectivity index (χ1v) is 6.65. The van der Waals surface area contributed by atoms with Gasteiger partial charge in [0.05, 0.1) is 5.56 Å². The smallest absolute Gasteiger partial charge is 0.255 e. The van der Waals surface area contributed by atoms with Gasteiger partial charge in [-0.2, -0.15) is 0 Å². The number of carbonyl (C=O) groups excluding carboxylic acids is 1. The zero-order valence-electron chi connectivity index (χ0n) is 9.74. The molecule has 1 aliphatic carbocycles. The number of carbonyl (C=O) groups is 1. The molecule has 17 heavy (non-hydrogen) atoms. The highest BCUT2D eigenvalue weighted by Gasteiger charge is 2.23. The number of hydrogen-bond acceptors (Lipinski definition) is 2. The average Bonchev–Trinajstić information content (AvgIpc) is 2.63. The summed E-state index contributed by atoms with van der Waals surface area (Å²) in [5, 5.41) is 12.7. The van der Waals surface area contributed by atoms with Crippen LogP contribution in [0.3, 0.4) is 0 Å². The molecule has 1 aromatic rings. The van der Waals surface area contributed by atoms with Crippen LogP contribution in [0.5, 0.6) is 5.75 Å². The molecule has 1 saturated carbocycles. The molecule has 0 heterocycles. The maximum absolute atomic E-state index is 12.0. The lowest BCUT2D eigenvalue weighted by Gasteiger charge is -2.13. The summed E-state index contributed by atoms with van der Waals surface area (Å²) in [4.78, 5) is 12.0. The van der Waals surface area contributed by atoms with Crippen molar-refractivity contribution in [1.82, 2.24) is 5.32 Å². The predicted molar refractivity (Wildman–Crippen MR) is 70.1 cm³/mol. The highest BCUT2D eigenvalue weighted by Crippen LogP contribution is 2.26. The number of phenols is 1. The second-order valence-corrected chi connectivity index (χ2v) is 5.67. The van der Waals surface area contributed by atoms with E-state index in [1.54, 1.807) is 12.1 Å². The van der Waals surface area contributed by atoms with Crippen LogP contribution in [0.15, 0.2) is 22.7 Å². The Kier molecular flexibility index (Phi) is 3.72. The fourth-order valence-corrected chi connectivity index (χ4v) is 2.65. The summed E-state index contributed by atoms with van der Waals surface area (Å²) in [6.07, 6.45) is 3.23. The van der Waals surface area contributed by atoms with Gasteiger partial charge in [0, 0.05) is 10.5 Å². The van der Waals surface area contributed by atoms with Gasteiger partial charge >= 0.3 is 0 Å². The number of phenolic OH excluding ortho intramolecular Hbond substituents is 1. The van der Waals surface area contributed by atoms with Crippen LogP contribution in [0, 0.1) is 5.92 Å². The van der Waals surface area contributed by atoms with Crippen LogP contribution in [0.1, 0.15) is 36.5 Å². The third kappa shape index (κ3) is 3.00. The molecule has 0 spiro atoms. The fraction of sp³-hybridized carbons (Fsp3) is 0.462. The Balaban J connectivity index is 2.04. The van der Waals surface area contributed by atoms with Gasteiger partial charge in [0.2, 0.25) is 0 Å². The Morgan fingerprint density at radius 1 is 1.47 bits per heavy atom. The first-order chi connectivity index (χ1) is 8.06. The molecule has 0 radical (unpaired) electrons. The molecule has 1 fully saturated rings. The summed E-state index contributed by atoms with van der Waals surface area (Å²) >= 11 is 3.25. The van der Waals surface area contributed by atoms with Gasteiger partial charge in [-0.3, -0.25) is 4.79 Å². The molecule has 92 valence electrons. The van der Waals surface area contributed by atoms with Crippen molar-refractivity contribution in [3.63, 3.8) is 0 Å². The van der Waals surface area contributed by atoms with Crippen molar-refractivity contribution < 1.29 is 9.90 Å². The topological polar surface area (TPSA) is 49.3 Å². The first-order valence-electron chi connectivity index (χ1n) is 5.85. The number of aromatic hydroxyl groups is 1. The van der Waals surface area contributed by atoms with Gasteiger partial charge in [-0.15, -0.1) is 0 Å². The van der Waals surface area contributed by atoms with Gasteiger partial charge in [-0.1, -0.05) is 22.9 Å². The molecule has 1 aromatic carbocycles. The lowest BCUT2D eigenvalue weighted by molar-refractivity contribution is 0.0934. The van der Waals surface area contributed by atoms with E-state index >= 15 is 0 Å². The van der Waals surface area contributed by atoms with E-state index in [2.05, 4.69) is 28.2 Å². The maximum Gasteiger partial charge on any atom is 0.255 e. The van der Waals surface area contributed by atoms with Crippen LogP contribution >= 0.6 is 15.9 Å². The Bertz CT molecular complexity index is 433. The summed E-state index contributed by atoms with van der Waals surface area (Å²) in [6, 6.07) is 5.17. The van der Waals surface area contributed by atoms with Crippen LogP contribution in [-0.4, -0.2) is 17.1 Å². The number of hydrogen-bond donors (Lipinski definition) is 2. The summed E-state index contributed by atoms with van der Waals surface area (Å²) < 4.78 is 0.765. The molecular weight excluding hydrogens is 282 g/mol. The van der Waals surface area contributed by atoms with E-state index in [1.165, 1.54) is 6.07 Å². The number of halogens is 1. The monoisotopic (exact) mass is 297 g/mol. The van der Waals surface area contributed by atoms with E-state index in [-0.39, 0.29) is 17.7 Å². The van der Waals surface area contributed by atoms with Crippen molar-refractivity contribution in [2.24, 2.45) is 5.92 Å². The van der Waals surface area contributed by atoms with E-state index < -0.39 is 0 Å². The predicted octanol–water partition coefficient (Wildman–Crippen LogP) is 3.07. The van der Waals surface area contributed by atoms with Crippen LogP contribution in [0.2, 0.25) is 0 Å². The molecule has 1 aliphatic rings. The molecule has 0 saturated heterocycles. The zero-order valence-corrected chi connectivity index (χ0v) is 11.3. The summed E-state index contributed by atoms with van der Waals surface area (Å²) in [5.41, 5.74) is 0.341. The van der Waals surface area contributed by atoms with Crippen molar-refractivity contribution >= 4 is 21.8 Å². The maximum atomic E-state index is 12.0. The molecule has 2 unspecified atom stereocenters. The standard InChI is InChI=1S/C13H16BrNO2/c1-8-2-4-10(6-8)15-13(17)11-5-3-9(14)7-12(11)16/h3,5,7-8,10,16H,2,4,6H2,1H3,(H,15,17). The van der Waals surface area contributed by atoms with Crippen LogP contribution < -0.4 is 5.32 Å². The minimum Gasteiger partial charge on any atom is -0.507 e. The Labute approximate surface area is 109 Å². The van der Waals surface area contributed by atoms with Crippen LogP contribution in [-0.2, 0) is 0 Å². The minimum atomic E-state index is -0.186. The molecule has 0 aliphatic heterocycles.